The van der Waals surface area contributed by atoms with Gasteiger partial charge in [-0.05, 0) is 29.7 Å². The monoisotopic (exact) mass is 388 g/mol. The minimum Gasteiger partial charge on any atom is -0.871 e. The van der Waals surface area contributed by atoms with Gasteiger partial charge in [0.2, 0.25) is 0 Å². The Hall–Kier alpha value is -2.40. The minimum atomic E-state index is -1.15. The molecule has 7 heteroatoms. The van der Waals surface area contributed by atoms with Gasteiger partial charge >= 0.3 is 23.0 Å². The fourth-order valence-electron chi connectivity index (χ4n) is 2.23. The van der Waals surface area contributed by atoms with Gasteiger partial charge in [0.15, 0.2) is 0 Å². The third-order valence-electron chi connectivity index (χ3n) is 3.30. The molecule has 0 aromatic heterocycles. The topological polar surface area (TPSA) is 85.1 Å². The number of halogens is 1. The van der Waals surface area contributed by atoms with E-state index in [2.05, 4.69) is 10.2 Å². The molecule has 5 nitrogen and oxygen atoms in total. The number of benzene rings is 3. The smallest absolute Gasteiger partial charge is 0.871 e. The van der Waals surface area contributed by atoms with Crippen molar-refractivity contribution >= 4 is 39.7 Å². The maximum Gasteiger partial charge on any atom is 1.00 e. The van der Waals surface area contributed by atoms with Gasteiger partial charge < -0.3 is 10.2 Å². The summed E-state index contributed by atoms with van der Waals surface area (Å²) in [6.45, 7) is 0. The Morgan fingerprint density at radius 2 is 1.62 bits per heavy atom. The second kappa shape index (κ2) is 7.45. The van der Waals surface area contributed by atoms with Crippen molar-refractivity contribution in [2.24, 2.45) is 10.2 Å². The Bertz CT molecular complexity index is 927. The molecule has 0 spiro atoms. The zero-order valence-electron chi connectivity index (χ0n) is 12.0. The van der Waals surface area contributed by atoms with Crippen LogP contribution in [0.15, 0.2) is 64.8 Å². The first-order chi connectivity index (χ1) is 11.1. The fraction of sp³-hybridized carbons (Fsp3) is 0. The van der Waals surface area contributed by atoms with Gasteiger partial charge in [-0.15, -0.1) is 0 Å². The molecule has 0 aliphatic heterocycles. The molecule has 124 valence electrons. The van der Waals surface area contributed by atoms with E-state index in [1.54, 1.807) is 48.5 Å². The maximum atomic E-state index is 12.2. The summed E-state index contributed by atoms with van der Waals surface area (Å²) in [7, 11) is 0. The average Bonchev–Trinajstić information content (AvgIpc) is 2.55. The van der Waals surface area contributed by atoms with Crippen molar-refractivity contribution in [3.63, 3.8) is 0 Å². The van der Waals surface area contributed by atoms with E-state index in [0.29, 0.717) is 21.5 Å². The van der Waals surface area contributed by atoms with Crippen LogP contribution < -0.4 is 5.11 Å². The molecule has 0 unspecified atom stereocenters. The summed E-state index contributed by atoms with van der Waals surface area (Å²) in [5, 5.41) is 30.9. The van der Waals surface area contributed by atoms with Crippen LogP contribution in [0.1, 0.15) is 10.4 Å². The van der Waals surface area contributed by atoms with E-state index in [9.17, 15) is 15.0 Å². The number of azo groups is 1. The molecule has 0 aliphatic carbocycles. The molecule has 0 saturated carbocycles. The van der Waals surface area contributed by atoms with Crippen molar-refractivity contribution in [1.82, 2.24) is 0 Å². The number of carbonyl (C=O) groups is 1. The molecule has 3 rings (SSSR count). The SMILES string of the molecule is O=C(O)c1cc([O-])c(N=Nc2ccc(Cl)cc2)c2ccccc12.[Cu+]. The molecule has 24 heavy (non-hydrogen) atoms. The molecule has 1 N–H and O–H groups in total. The number of nitrogens with zero attached hydrogens (tertiary/aromatic N) is 2. The van der Waals surface area contributed by atoms with Gasteiger partial charge in [-0.25, -0.2) is 4.79 Å². The van der Waals surface area contributed by atoms with E-state index in [0.717, 1.165) is 6.07 Å². The van der Waals surface area contributed by atoms with Gasteiger partial charge in [-0.3, -0.25) is 0 Å². The number of carboxylic acid groups (broad SMARTS) is 1. The molecular weight excluding hydrogens is 379 g/mol. The van der Waals surface area contributed by atoms with Crippen molar-refractivity contribution in [3.8, 4) is 5.75 Å². The van der Waals surface area contributed by atoms with Crippen LogP contribution in [0.2, 0.25) is 5.02 Å². The Balaban J connectivity index is 0.00000208. The van der Waals surface area contributed by atoms with Crippen LogP contribution in [-0.4, -0.2) is 11.1 Å². The minimum absolute atomic E-state index is 0. The number of aromatic carboxylic acids is 1. The Kier molecular flexibility index (Phi) is 5.57. The third kappa shape index (κ3) is 3.57. The fourth-order valence-corrected chi connectivity index (χ4v) is 2.36. The largest absolute Gasteiger partial charge is 1.00 e. The predicted molar refractivity (Wildman–Crippen MR) is 86.0 cm³/mol. The number of fused-ring (bicyclic) bond motifs is 1. The van der Waals surface area contributed by atoms with Crippen LogP contribution in [0, 0.1) is 0 Å². The zero-order chi connectivity index (χ0) is 16.4. The molecule has 0 heterocycles. The number of rotatable bonds is 3. The van der Waals surface area contributed by atoms with Crippen LogP contribution in [-0.2, 0) is 17.1 Å². The normalized spacial score (nSPS) is 10.7. The van der Waals surface area contributed by atoms with E-state index in [4.69, 9.17) is 11.6 Å². The first kappa shape index (κ1) is 17.9. The van der Waals surface area contributed by atoms with Crippen LogP contribution in [0.4, 0.5) is 11.4 Å². The summed E-state index contributed by atoms with van der Waals surface area (Å²) in [6, 6.07) is 14.5. The Morgan fingerprint density at radius 1 is 1.00 bits per heavy atom. The first-order valence-corrected chi connectivity index (χ1v) is 7.07. The summed E-state index contributed by atoms with van der Waals surface area (Å²) < 4.78 is 0. The molecule has 3 aromatic carbocycles. The zero-order valence-corrected chi connectivity index (χ0v) is 13.7. The van der Waals surface area contributed by atoms with Crippen molar-refractivity contribution in [2.45, 2.75) is 0 Å². The van der Waals surface area contributed by atoms with Gasteiger partial charge in [0.1, 0.15) is 0 Å². The van der Waals surface area contributed by atoms with Gasteiger partial charge in [-0.2, -0.15) is 10.2 Å². The van der Waals surface area contributed by atoms with Crippen molar-refractivity contribution in [1.29, 1.82) is 0 Å². The average molecular weight is 389 g/mol. The summed E-state index contributed by atoms with van der Waals surface area (Å²) in [4.78, 5) is 11.3. The van der Waals surface area contributed by atoms with Gasteiger partial charge in [-0.1, -0.05) is 47.7 Å². The summed E-state index contributed by atoms with van der Waals surface area (Å²) in [6.07, 6.45) is 0. The molecule has 0 saturated heterocycles. The van der Waals surface area contributed by atoms with Gasteiger partial charge in [0, 0.05) is 10.4 Å². The van der Waals surface area contributed by atoms with Crippen molar-refractivity contribution < 1.29 is 32.1 Å². The molecule has 0 fully saturated rings. The van der Waals surface area contributed by atoms with Crippen LogP contribution in [0.25, 0.3) is 10.8 Å². The molecule has 0 atom stereocenters. The second-order valence-electron chi connectivity index (χ2n) is 4.80. The second-order valence-corrected chi connectivity index (χ2v) is 5.23. The summed E-state index contributed by atoms with van der Waals surface area (Å²) in [5.41, 5.74) is 0.608. The van der Waals surface area contributed by atoms with Gasteiger partial charge in [0.25, 0.3) is 0 Å². The Morgan fingerprint density at radius 3 is 2.25 bits per heavy atom. The molecule has 0 radical (unpaired) electrons. The van der Waals surface area contributed by atoms with E-state index >= 15 is 0 Å². The van der Waals surface area contributed by atoms with Crippen LogP contribution in [0.5, 0.6) is 5.75 Å². The van der Waals surface area contributed by atoms with E-state index < -0.39 is 11.7 Å². The number of carboxylic acids is 1. The maximum absolute atomic E-state index is 12.2. The summed E-state index contributed by atoms with van der Waals surface area (Å²) in [5.74, 6) is -1.64. The predicted octanol–water partition coefficient (Wildman–Crippen LogP) is 4.68. The van der Waals surface area contributed by atoms with Crippen LogP contribution >= 0.6 is 11.6 Å². The first-order valence-electron chi connectivity index (χ1n) is 6.69. The Labute approximate surface area is 153 Å². The standard InChI is InChI=1S/C17H11ClN2O3.Cu/c18-10-5-7-11(8-6-10)19-20-16-13-4-2-1-3-12(13)14(17(22)23)9-15(16)21;/h1-9,21H,(H,22,23);/q;+1/p-1. The van der Waals surface area contributed by atoms with Gasteiger partial charge in [0.05, 0.1) is 16.9 Å². The van der Waals surface area contributed by atoms with Crippen molar-refractivity contribution in [3.05, 3.63) is 65.2 Å². The summed E-state index contributed by atoms with van der Waals surface area (Å²) >= 11 is 5.80. The molecule has 0 aliphatic rings. The van der Waals surface area contributed by atoms with E-state index in [1.165, 1.54) is 0 Å². The molecule has 0 bridgehead atoms. The molecular formula is C17H10ClCuN2O3. The quantitative estimate of drug-likeness (QED) is 0.521. The van der Waals surface area contributed by atoms with Crippen molar-refractivity contribution in [2.75, 3.05) is 0 Å². The number of hydrogen-bond acceptors (Lipinski definition) is 4. The third-order valence-corrected chi connectivity index (χ3v) is 3.56. The van der Waals surface area contributed by atoms with E-state index in [1.807, 2.05) is 0 Å². The molecule has 0 amide bonds. The molecule has 3 aromatic rings. The number of hydrogen-bond donors (Lipinski definition) is 1. The van der Waals surface area contributed by atoms with E-state index in [-0.39, 0.29) is 28.3 Å². The van der Waals surface area contributed by atoms with Crippen LogP contribution in [0.3, 0.4) is 0 Å².